The summed E-state index contributed by atoms with van der Waals surface area (Å²) in [6, 6.07) is 67.0. The van der Waals surface area contributed by atoms with Crippen molar-refractivity contribution in [3.8, 4) is 39.2 Å². The minimum absolute atomic E-state index is 0.0404. The van der Waals surface area contributed by atoms with E-state index in [9.17, 15) is 0 Å². The molecule has 4 nitrogen and oxygen atoms in total. The molecule has 2 unspecified atom stereocenters. The first-order valence-corrected chi connectivity index (χ1v) is 20.4. The molecule has 0 spiro atoms. The van der Waals surface area contributed by atoms with Crippen LogP contribution in [-0.4, -0.2) is 10.9 Å². The van der Waals surface area contributed by atoms with E-state index in [1.807, 2.05) is 0 Å². The van der Waals surface area contributed by atoms with Crippen LogP contribution in [0, 0.1) is 0 Å². The molecular weight excluding hydrogens is 705 g/mol. The molecular formula is C54H40N4. The van der Waals surface area contributed by atoms with Crippen LogP contribution in [0.3, 0.4) is 0 Å². The van der Waals surface area contributed by atoms with Gasteiger partial charge in [0.2, 0.25) is 0 Å². The minimum atomic E-state index is -0.265. The van der Waals surface area contributed by atoms with Crippen LogP contribution in [0.5, 0.6) is 0 Å². The zero-order valence-corrected chi connectivity index (χ0v) is 31.9. The third-order valence-electron chi connectivity index (χ3n) is 12.5. The SMILES string of the molecule is C1=Cc2cccc(-c3ccc(C4NC(N5c6ccccc6-c6c(n(-c7ccc8ccccc8c7)c7ccccc67)-c6ccccc65)Nc5ccccc54)cc3)c2CC1. The van der Waals surface area contributed by atoms with Gasteiger partial charge in [0.25, 0.3) is 0 Å². The maximum absolute atomic E-state index is 4.14. The Morgan fingerprint density at radius 3 is 2.19 bits per heavy atom. The van der Waals surface area contributed by atoms with Crippen LogP contribution in [0.2, 0.25) is 0 Å². The van der Waals surface area contributed by atoms with E-state index in [4.69, 9.17) is 0 Å². The van der Waals surface area contributed by atoms with Crippen molar-refractivity contribution in [2.24, 2.45) is 0 Å². The quantitative estimate of drug-likeness (QED) is 0.188. The summed E-state index contributed by atoms with van der Waals surface area (Å²) < 4.78 is 2.48. The number of rotatable bonds is 4. The average molecular weight is 745 g/mol. The Balaban J connectivity index is 1.02. The van der Waals surface area contributed by atoms with Gasteiger partial charge < -0.3 is 14.8 Å². The number of fused-ring (bicyclic) bond motifs is 10. The molecule has 8 aromatic carbocycles. The van der Waals surface area contributed by atoms with Gasteiger partial charge in [-0.25, -0.2) is 0 Å². The van der Waals surface area contributed by atoms with E-state index in [0.717, 1.165) is 35.6 Å². The summed E-state index contributed by atoms with van der Waals surface area (Å²) in [5.41, 5.74) is 18.5. The summed E-state index contributed by atoms with van der Waals surface area (Å²) in [6.45, 7) is 0. The van der Waals surface area contributed by atoms with Crippen LogP contribution >= 0.6 is 0 Å². The Kier molecular flexibility index (Phi) is 7.54. The molecule has 2 aliphatic heterocycles. The van der Waals surface area contributed by atoms with Gasteiger partial charge in [0.1, 0.15) is 0 Å². The molecule has 3 heterocycles. The molecule has 9 aromatic rings. The fraction of sp³-hybridized carbons (Fsp3) is 0.0741. The first-order chi connectivity index (χ1) is 28.8. The minimum Gasteiger partial charge on any atom is -0.352 e. The maximum Gasteiger partial charge on any atom is 0.160 e. The molecule has 1 aromatic heterocycles. The number of nitrogens with zero attached hydrogens (tertiary/aromatic N) is 2. The Labute approximate surface area is 338 Å². The number of anilines is 3. The second-order valence-electron chi connectivity index (χ2n) is 15.7. The fourth-order valence-electron chi connectivity index (χ4n) is 9.87. The van der Waals surface area contributed by atoms with Crippen LogP contribution in [0.15, 0.2) is 188 Å². The second-order valence-corrected chi connectivity index (χ2v) is 15.7. The molecule has 2 N–H and O–H groups in total. The van der Waals surface area contributed by atoms with E-state index >= 15 is 0 Å². The summed E-state index contributed by atoms with van der Waals surface area (Å²) in [6.07, 6.45) is 6.47. The highest BCUT2D eigenvalue weighted by atomic mass is 15.4. The van der Waals surface area contributed by atoms with E-state index in [0.29, 0.717) is 0 Å². The van der Waals surface area contributed by atoms with Gasteiger partial charge in [-0.1, -0.05) is 158 Å². The van der Waals surface area contributed by atoms with Gasteiger partial charge in [-0.2, -0.15) is 0 Å². The van der Waals surface area contributed by atoms with E-state index in [1.165, 1.54) is 77.4 Å². The number of hydrogen-bond acceptors (Lipinski definition) is 3. The Morgan fingerprint density at radius 2 is 1.29 bits per heavy atom. The molecule has 276 valence electrons. The first-order valence-electron chi connectivity index (χ1n) is 20.4. The number of hydrogen-bond donors (Lipinski definition) is 2. The van der Waals surface area contributed by atoms with Gasteiger partial charge in [-0.3, -0.25) is 5.32 Å². The lowest BCUT2D eigenvalue weighted by atomic mass is 9.88. The van der Waals surface area contributed by atoms with E-state index < -0.39 is 0 Å². The third-order valence-corrected chi connectivity index (χ3v) is 12.5. The normalized spacial score (nSPS) is 16.4. The molecule has 0 amide bonds. The van der Waals surface area contributed by atoms with Crippen molar-refractivity contribution in [1.29, 1.82) is 0 Å². The third kappa shape index (κ3) is 5.12. The lowest BCUT2D eigenvalue weighted by Gasteiger charge is -2.42. The zero-order chi connectivity index (χ0) is 38.2. The number of aromatic nitrogens is 1. The van der Waals surface area contributed by atoms with Crippen molar-refractivity contribution in [3.63, 3.8) is 0 Å². The van der Waals surface area contributed by atoms with Crippen molar-refractivity contribution in [3.05, 3.63) is 210 Å². The van der Waals surface area contributed by atoms with Crippen molar-refractivity contribution < 1.29 is 0 Å². The van der Waals surface area contributed by atoms with E-state index in [-0.39, 0.29) is 12.3 Å². The Hall–Kier alpha value is -7.14. The van der Waals surface area contributed by atoms with Crippen molar-refractivity contribution in [2.75, 3.05) is 10.2 Å². The lowest BCUT2D eigenvalue weighted by Crippen LogP contribution is -2.53. The van der Waals surface area contributed by atoms with Crippen molar-refractivity contribution in [1.82, 2.24) is 9.88 Å². The van der Waals surface area contributed by atoms with E-state index in [2.05, 4.69) is 214 Å². The topological polar surface area (TPSA) is 32.2 Å². The molecule has 0 bridgehead atoms. The number of para-hydroxylation sites is 4. The van der Waals surface area contributed by atoms with Crippen LogP contribution < -0.4 is 15.5 Å². The monoisotopic (exact) mass is 744 g/mol. The molecule has 58 heavy (non-hydrogen) atoms. The standard InChI is InChI=1S/C54H40N4/c1-2-16-39-34-40(33-32-35(39)14-1)57-48-25-10-6-20-44(48)51-45-21-7-11-26-49(45)58(50-27-12-8-22-46(50)53(51)57)54-55-47-24-9-5-19-43(47)52(56-54)38-30-28-37(29-31-38)42-23-13-17-36-15-3-4-18-41(36)42/h1-3,5-17,19-34,52,54-56H,4,18H2. The van der Waals surface area contributed by atoms with Gasteiger partial charge >= 0.3 is 0 Å². The van der Waals surface area contributed by atoms with Crippen molar-refractivity contribution >= 4 is 44.8 Å². The molecule has 2 atom stereocenters. The van der Waals surface area contributed by atoms with Gasteiger partial charge in [0.15, 0.2) is 6.29 Å². The smallest absolute Gasteiger partial charge is 0.160 e. The van der Waals surface area contributed by atoms with E-state index in [1.54, 1.807) is 0 Å². The van der Waals surface area contributed by atoms with Gasteiger partial charge in [0.05, 0.1) is 28.6 Å². The highest BCUT2D eigenvalue weighted by Crippen LogP contribution is 2.53. The van der Waals surface area contributed by atoms with Gasteiger partial charge in [-0.05, 0) is 93.4 Å². The summed E-state index contributed by atoms with van der Waals surface area (Å²) >= 11 is 0. The Morgan fingerprint density at radius 1 is 0.569 bits per heavy atom. The zero-order valence-electron chi connectivity index (χ0n) is 31.9. The second kappa shape index (κ2) is 13.2. The van der Waals surface area contributed by atoms with Crippen LogP contribution in [0.25, 0.3) is 66.9 Å². The fourth-order valence-corrected chi connectivity index (χ4v) is 9.87. The van der Waals surface area contributed by atoms with Crippen LogP contribution in [-0.2, 0) is 6.42 Å². The number of benzene rings is 8. The molecule has 12 rings (SSSR count). The summed E-state index contributed by atoms with van der Waals surface area (Å²) in [7, 11) is 0. The van der Waals surface area contributed by atoms with Crippen LogP contribution in [0.4, 0.5) is 17.1 Å². The molecule has 0 fully saturated rings. The predicted octanol–water partition coefficient (Wildman–Crippen LogP) is 13.3. The molecule has 1 aliphatic carbocycles. The predicted molar refractivity (Wildman–Crippen MR) is 242 cm³/mol. The van der Waals surface area contributed by atoms with Crippen LogP contribution in [0.1, 0.15) is 34.7 Å². The molecule has 4 heteroatoms. The molecule has 3 aliphatic rings. The summed E-state index contributed by atoms with van der Waals surface area (Å²) in [5, 5.41) is 11.8. The maximum atomic E-state index is 4.14. The van der Waals surface area contributed by atoms with Gasteiger partial charge in [0, 0.05) is 33.5 Å². The van der Waals surface area contributed by atoms with Gasteiger partial charge in [-0.15, -0.1) is 0 Å². The summed E-state index contributed by atoms with van der Waals surface area (Å²) in [4.78, 5) is 2.49. The highest BCUT2D eigenvalue weighted by molar-refractivity contribution is 6.12. The molecule has 0 radical (unpaired) electrons. The first kappa shape index (κ1) is 33.0. The number of allylic oxidation sites excluding steroid dienone is 1. The summed E-state index contributed by atoms with van der Waals surface area (Å²) in [5.74, 6) is 0. The molecule has 0 saturated heterocycles. The highest BCUT2D eigenvalue weighted by Gasteiger charge is 2.37. The average Bonchev–Trinajstić information content (AvgIpc) is 3.57. The lowest BCUT2D eigenvalue weighted by molar-refractivity contribution is 0.495. The Bertz CT molecular complexity index is 3100. The van der Waals surface area contributed by atoms with Crippen molar-refractivity contribution in [2.45, 2.75) is 25.2 Å². The number of nitrogens with one attached hydrogen (secondary N) is 2. The largest absolute Gasteiger partial charge is 0.352 e. The molecule has 0 saturated carbocycles.